The normalized spacial score (nSPS) is 11.3. The van der Waals surface area contributed by atoms with Gasteiger partial charge >= 0.3 is 5.92 Å². The summed E-state index contributed by atoms with van der Waals surface area (Å²) in [7, 11) is 1.44. The highest BCUT2D eigenvalue weighted by atomic mass is 19.3. The number of pyridine rings is 1. The fourth-order valence-corrected chi connectivity index (χ4v) is 2.61. The number of aromatic nitrogens is 5. The average Bonchev–Trinajstić information content (AvgIpc) is 3.16. The molecule has 0 aliphatic carbocycles. The summed E-state index contributed by atoms with van der Waals surface area (Å²) in [6.45, 7) is 4.62. The lowest BCUT2D eigenvalue weighted by Gasteiger charge is -2.15. The monoisotopic (exact) mass is 417 g/mol. The van der Waals surface area contributed by atoms with Crippen molar-refractivity contribution in [2.45, 2.75) is 33.2 Å². The van der Waals surface area contributed by atoms with Crippen molar-refractivity contribution in [3.63, 3.8) is 0 Å². The largest absolute Gasteiger partial charge is 0.493 e. The number of alkyl halides is 2. The molecule has 3 aromatic rings. The second-order valence-corrected chi connectivity index (χ2v) is 6.51. The standard InChI is InChI=1S/C19H21F2N7O2/c1-5-28-10-12(8-23-28)13-6-17(27-18(26-13)19(3,20)21)25-14-7-16(24-11(2)29)22-9-15(14)30-4/h6-10H,5H2,1-4H3,(H2,22,24,25,26,27,29). The number of nitrogens with zero attached hydrogens (tertiary/aromatic N) is 5. The topological polar surface area (TPSA) is 107 Å². The van der Waals surface area contributed by atoms with Crippen LogP contribution in [-0.4, -0.2) is 37.7 Å². The zero-order chi connectivity index (χ0) is 21.9. The molecular formula is C19H21F2N7O2. The van der Waals surface area contributed by atoms with Crippen LogP contribution >= 0.6 is 0 Å². The van der Waals surface area contributed by atoms with E-state index in [1.165, 1.54) is 32.4 Å². The van der Waals surface area contributed by atoms with Gasteiger partial charge in [-0.15, -0.1) is 0 Å². The Labute approximate surface area is 171 Å². The highest BCUT2D eigenvalue weighted by Gasteiger charge is 2.29. The molecule has 3 aromatic heterocycles. The number of anilines is 3. The Morgan fingerprint density at radius 2 is 2.00 bits per heavy atom. The minimum Gasteiger partial charge on any atom is -0.493 e. The van der Waals surface area contributed by atoms with Crippen molar-refractivity contribution in [1.82, 2.24) is 24.7 Å². The average molecular weight is 417 g/mol. The second kappa shape index (κ2) is 8.39. The van der Waals surface area contributed by atoms with Crippen LogP contribution in [0.15, 0.2) is 30.7 Å². The van der Waals surface area contributed by atoms with E-state index in [-0.39, 0.29) is 17.5 Å². The van der Waals surface area contributed by atoms with Crippen molar-refractivity contribution >= 4 is 23.2 Å². The third-order valence-corrected chi connectivity index (χ3v) is 4.03. The number of carbonyl (C=O) groups excluding carboxylic acids is 1. The van der Waals surface area contributed by atoms with Crippen molar-refractivity contribution in [3.05, 3.63) is 36.5 Å². The molecule has 2 N–H and O–H groups in total. The molecule has 0 aromatic carbocycles. The molecule has 3 heterocycles. The fraction of sp³-hybridized carbons (Fsp3) is 0.316. The van der Waals surface area contributed by atoms with Gasteiger partial charge in [-0.3, -0.25) is 9.48 Å². The Balaban J connectivity index is 2.05. The third-order valence-electron chi connectivity index (χ3n) is 4.03. The van der Waals surface area contributed by atoms with Gasteiger partial charge in [-0.1, -0.05) is 0 Å². The number of nitrogens with one attached hydrogen (secondary N) is 2. The molecule has 30 heavy (non-hydrogen) atoms. The summed E-state index contributed by atoms with van der Waals surface area (Å²) in [6.07, 6.45) is 4.66. The molecule has 3 rings (SSSR count). The molecule has 11 heteroatoms. The van der Waals surface area contributed by atoms with E-state index in [1.54, 1.807) is 17.1 Å². The number of ether oxygens (including phenoxy) is 1. The Morgan fingerprint density at radius 3 is 2.60 bits per heavy atom. The quantitative estimate of drug-likeness (QED) is 0.605. The molecule has 0 aliphatic rings. The van der Waals surface area contributed by atoms with Gasteiger partial charge in [-0.25, -0.2) is 15.0 Å². The highest BCUT2D eigenvalue weighted by molar-refractivity contribution is 5.88. The summed E-state index contributed by atoms with van der Waals surface area (Å²) in [5.41, 5.74) is 1.25. The zero-order valence-corrected chi connectivity index (χ0v) is 16.9. The first-order valence-electron chi connectivity index (χ1n) is 9.08. The van der Waals surface area contributed by atoms with Crippen molar-refractivity contribution in [1.29, 1.82) is 0 Å². The molecule has 0 bridgehead atoms. The molecule has 0 saturated heterocycles. The Kier molecular flexibility index (Phi) is 5.90. The first-order valence-corrected chi connectivity index (χ1v) is 9.08. The number of methoxy groups -OCH3 is 1. The van der Waals surface area contributed by atoms with Crippen LogP contribution in [0.4, 0.5) is 26.1 Å². The van der Waals surface area contributed by atoms with Gasteiger partial charge in [0.05, 0.1) is 30.9 Å². The molecule has 0 spiro atoms. The molecule has 158 valence electrons. The number of amides is 1. The summed E-state index contributed by atoms with van der Waals surface area (Å²) in [6, 6.07) is 3.05. The van der Waals surface area contributed by atoms with Gasteiger partial charge in [0.2, 0.25) is 11.7 Å². The minimum absolute atomic E-state index is 0.124. The summed E-state index contributed by atoms with van der Waals surface area (Å²) in [4.78, 5) is 23.3. The summed E-state index contributed by atoms with van der Waals surface area (Å²) in [5, 5.41) is 9.67. The molecule has 9 nitrogen and oxygen atoms in total. The van der Waals surface area contributed by atoms with Gasteiger partial charge in [0, 0.05) is 44.3 Å². The van der Waals surface area contributed by atoms with Crippen molar-refractivity contribution in [2.75, 3.05) is 17.7 Å². The predicted octanol–water partition coefficient (Wildman–Crippen LogP) is 3.58. The van der Waals surface area contributed by atoms with E-state index in [0.717, 1.165) is 6.92 Å². The smallest absolute Gasteiger partial charge is 0.303 e. The first kappa shape index (κ1) is 21.1. The predicted molar refractivity (Wildman–Crippen MR) is 107 cm³/mol. The van der Waals surface area contributed by atoms with E-state index < -0.39 is 11.7 Å². The van der Waals surface area contributed by atoms with Crippen LogP contribution in [0.25, 0.3) is 11.3 Å². The lowest BCUT2D eigenvalue weighted by molar-refractivity contribution is -0.114. The van der Waals surface area contributed by atoms with E-state index >= 15 is 0 Å². The van der Waals surface area contributed by atoms with Crippen LogP contribution in [0, 0.1) is 0 Å². The van der Waals surface area contributed by atoms with Gasteiger partial charge in [-0.2, -0.15) is 13.9 Å². The van der Waals surface area contributed by atoms with Gasteiger partial charge in [0.15, 0.2) is 5.75 Å². The van der Waals surface area contributed by atoms with Gasteiger partial charge in [0.1, 0.15) is 11.6 Å². The van der Waals surface area contributed by atoms with E-state index in [1.807, 2.05) is 6.92 Å². The van der Waals surface area contributed by atoms with Crippen LogP contribution < -0.4 is 15.4 Å². The maximum Gasteiger partial charge on any atom is 0.303 e. The van der Waals surface area contributed by atoms with Crippen molar-refractivity contribution < 1.29 is 18.3 Å². The lowest BCUT2D eigenvalue weighted by Crippen LogP contribution is -2.14. The van der Waals surface area contributed by atoms with Crippen LogP contribution in [0.1, 0.15) is 26.6 Å². The molecule has 1 amide bonds. The van der Waals surface area contributed by atoms with Gasteiger partial charge < -0.3 is 15.4 Å². The molecule has 0 saturated carbocycles. The maximum absolute atomic E-state index is 14.0. The molecule has 0 unspecified atom stereocenters. The minimum atomic E-state index is -3.25. The number of carbonyl (C=O) groups is 1. The third kappa shape index (κ3) is 4.85. The maximum atomic E-state index is 14.0. The number of rotatable bonds is 7. The second-order valence-electron chi connectivity index (χ2n) is 6.51. The lowest BCUT2D eigenvalue weighted by atomic mass is 10.2. The Morgan fingerprint density at radius 1 is 1.23 bits per heavy atom. The SMILES string of the molecule is CCn1cc(-c2cc(Nc3cc(NC(C)=O)ncc3OC)nc(C(C)(F)F)n2)cn1. The summed E-state index contributed by atoms with van der Waals surface area (Å²) < 4.78 is 35.0. The van der Waals surface area contributed by atoms with Crippen LogP contribution in [0.2, 0.25) is 0 Å². The number of aryl methyl sites for hydroxylation is 1. The molecular weight excluding hydrogens is 396 g/mol. The highest BCUT2D eigenvalue weighted by Crippen LogP contribution is 2.32. The number of hydrogen-bond donors (Lipinski definition) is 2. The zero-order valence-electron chi connectivity index (χ0n) is 16.9. The van der Waals surface area contributed by atoms with E-state index in [4.69, 9.17) is 4.74 Å². The molecule has 0 radical (unpaired) electrons. The molecule has 0 fully saturated rings. The molecule has 0 atom stereocenters. The Bertz CT molecular complexity index is 1060. The van der Waals surface area contributed by atoms with Crippen LogP contribution in [0.3, 0.4) is 0 Å². The first-order chi connectivity index (χ1) is 14.2. The van der Waals surface area contributed by atoms with Crippen molar-refractivity contribution in [3.8, 4) is 17.0 Å². The summed E-state index contributed by atoms with van der Waals surface area (Å²) >= 11 is 0. The van der Waals surface area contributed by atoms with Gasteiger partial charge in [0.25, 0.3) is 0 Å². The van der Waals surface area contributed by atoms with Crippen LogP contribution in [-0.2, 0) is 17.3 Å². The van der Waals surface area contributed by atoms with E-state index in [2.05, 4.69) is 30.7 Å². The molecule has 0 aliphatic heterocycles. The van der Waals surface area contributed by atoms with Crippen molar-refractivity contribution in [2.24, 2.45) is 0 Å². The van der Waals surface area contributed by atoms with Crippen LogP contribution in [0.5, 0.6) is 5.75 Å². The Hall–Kier alpha value is -3.63. The fourth-order valence-electron chi connectivity index (χ4n) is 2.61. The summed E-state index contributed by atoms with van der Waals surface area (Å²) in [5.74, 6) is -3.46. The number of halogens is 2. The van der Waals surface area contributed by atoms with E-state index in [9.17, 15) is 13.6 Å². The van der Waals surface area contributed by atoms with E-state index in [0.29, 0.717) is 29.2 Å². The van der Waals surface area contributed by atoms with Gasteiger partial charge in [-0.05, 0) is 6.92 Å². The number of hydrogen-bond acceptors (Lipinski definition) is 7.